The van der Waals surface area contributed by atoms with Gasteiger partial charge in [0, 0.05) is 5.92 Å². The first kappa shape index (κ1) is 42.6. The highest BCUT2D eigenvalue weighted by atomic mass is 31.1. The normalized spacial score (nSPS) is 53.1. The van der Waals surface area contributed by atoms with Gasteiger partial charge in [-0.2, -0.15) is 0 Å². The molecule has 0 aliphatic heterocycles. The van der Waals surface area contributed by atoms with Crippen molar-refractivity contribution in [3.8, 4) is 0 Å². The Kier molecular flexibility index (Phi) is 13.1. The van der Waals surface area contributed by atoms with Crippen LogP contribution < -0.4 is 0 Å². The van der Waals surface area contributed by atoms with Gasteiger partial charge in [0.25, 0.3) is 0 Å². The Morgan fingerprint density at radius 1 is 0.642 bits per heavy atom. The number of hydrogen-bond donors (Lipinski definition) is 3. The molecule has 8 aliphatic carbocycles. The predicted octanol–water partition coefficient (Wildman–Crippen LogP) is 11.2. The number of aliphatic hydroxyl groups excluding tert-OH is 1. The minimum atomic E-state index is -0.420. The fourth-order valence-electron chi connectivity index (χ4n) is 17.0. The van der Waals surface area contributed by atoms with E-state index in [1.165, 1.54) is 83.5 Å². The third-order valence-electron chi connectivity index (χ3n) is 18.9. The molecule has 0 aromatic rings. The zero-order chi connectivity index (χ0) is 38.7. The number of carbonyl (C=O) groups is 1. The van der Waals surface area contributed by atoms with Crippen molar-refractivity contribution in [1.82, 2.24) is 0 Å². The maximum absolute atomic E-state index is 12.4. The molecule has 0 saturated heterocycles. The van der Waals surface area contributed by atoms with Gasteiger partial charge in [0.05, 0.1) is 17.3 Å². The highest BCUT2D eigenvalue weighted by molar-refractivity contribution is 7.35. The van der Waals surface area contributed by atoms with Crippen LogP contribution in [0.15, 0.2) is 0 Å². The third kappa shape index (κ3) is 7.93. The molecule has 0 amide bonds. The molecule has 19 atom stereocenters. The number of fused-ring (bicyclic) bond motifs is 10. The average molecular weight is 757 g/mol. The molecule has 8 fully saturated rings. The van der Waals surface area contributed by atoms with Gasteiger partial charge in [-0.25, -0.2) is 0 Å². The van der Waals surface area contributed by atoms with E-state index in [0.29, 0.717) is 23.0 Å². The van der Waals surface area contributed by atoms with Crippen molar-refractivity contribution < 1.29 is 20.1 Å². The van der Waals surface area contributed by atoms with Crippen LogP contribution in [0.25, 0.3) is 0 Å². The van der Waals surface area contributed by atoms with Crippen LogP contribution in [0.4, 0.5) is 0 Å². The Morgan fingerprint density at radius 2 is 1.06 bits per heavy atom. The SMILES string of the molecule is CC[C@@H]1CC(C(C)O)[C@@]2(C)CC[C@H]3[C@@H](CC[C@@H]4C[C@](C)(O)CC[C@@H]43)[C@H]12.CC[C@@H]1C[C@H](C(C)=O)[C@@]2(C)CC[C@H]3[C@@H](CC[C@@H]4C[C@](C)(O)CC[C@@H]43)[C@H]12.CPC. The third-order valence-corrected chi connectivity index (χ3v) is 18.9. The van der Waals surface area contributed by atoms with Gasteiger partial charge in [-0.3, -0.25) is 4.79 Å². The summed E-state index contributed by atoms with van der Waals surface area (Å²) in [7, 11) is 1.08. The van der Waals surface area contributed by atoms with Crippen LogP contribution in [0.1, 0.15) is 171 Å². The maximum atomic E-state index is 12.4. The lowest BCUT2D eigenvalue weighted by atomic mass is 9.48. The molecule has 8 rings (SSSR count). The number of aliphatic hydroxyl groups is 3. The van der Waals surface area contributed by atoms with Crippen LogP contribution in [0.3, 0.4) is 0 Å². The van der Waals surface area contributed by atoms with E-state index in [1.807, 2.05) is 13.8 Å². The van der Waals surface area contributed by atoms with Crippen LogP contribution in [0.2, 0.25) is 0 Å². The highest BCUT2D eigenvalue weighted by Gasteiger charge is 2.62. The summed E-state index contributed by atoms with van der Waals surface area (Å²) in [6.07, 6.45) is 22.0. The van der Waals surface area contributed by atoms with Crippen molar-refractivity contribution in [2.24, 2.45) is 93.7 Å². The largest absolute Gasteiger partial charge is 0.393 e. The van der Waals surface area contributed by atoms with E-state index in [1.54, 1.807) is 0 Å². The average Bonchev–Trinajstić information content (AvgIpc) is 3.58. The minimum absolute atomic E-state index is 0.151. The number of carbonyl (C=O) groups excluding carboxylic acids is 1. The van der Waals surface area contributed by atoms with Gasteiger partial charge in [-0.15, -0.1) is 8.58 Å². The van der Waals surface area contributed by atoms with Crippen LogP contribution >= 0.6 is 8.58 Å². The molecule has 0 aromatic heterocycles. The van der Waals surface area contributed by atoms with Crippen molar-refractivity contribution in [3.63, 3.8) is 0 Å². The van der Waals surface area contributed by atoms with Crippen LogP contribution in [-0.4, -0.2) is 51.7 Å². The Labute approximate surface area is 328 Å². The van der Waals surface area contributed by atoms with E-state index in [2.05, 4.69) is 54.9 Å². The van der Waals surface area contributed by atoms with Gasteiger partial charge in [-0.05, 0) is 232 Å². The van der Waals surface area contributed by atoms with Crippen LogP contribution in [0, 0.1) is 93.7 Å². The lowest BCUT2D eigenvalue weighted by Gasteiger charge is -2.58. The van der Waals surface area contributed by atoms with Gasteiger partial charge in [0.2, 0.25) is 0 Å². The van der Waals surface area contributed by atoms with E-state index >= 15 is 0 Å². The van der Waals surface area contributed by atoms with E-state index in [9.17, 15) is 20.1 Å². The zero-order valence-corrected chi connectivity index (χ0v) is 37.1. The molecule has 53 heavy (non-hydrogen) atoms. The maximum Gasteiger partial charge on any atom is 0.133 e. The minimum Gasteiger partial charge on any atom is -0.393 e. The summed E-state index contributed by atoms with van der Waals surface area (Å²) < 4.78 is 0. The Morgan fingerprint density at radius 3 is 1.49 bits per heavy atom. The monoisotopic (exact) mass is 757 g/mol. The van der Waals surface area contributed by atoms with Gasteiger partial charge >= 0.3 is 0 Å². The van der Waals surface area contributed by atoms with E-state index in [0.717, 1.165) is 112 Å². The van der Waals surface area contributed by atoms with E-state index in [-0.39, 0.29) is 11.5 Å². The van der Waals surface area contributed by atoms with E-state index < -0.39 is 11.2 Å². The van der Waals surface area contributed by atoms with Crippen LogP contribution in [0.5, 0.6) is 0 Å². The van der Waals surface area contributed by atoms with Crippen molar-refractivity contribution in [3.05, 3.63) is 0 Å². The van der Waals surface area contributed by atoms with E-state index in [4.69, 9.17) is 0 Å². The first-order valence-corrected chi connectivity index (χ1v) is 25.2. The second-order valence-electron chi connectivity index (χ2n) is 22.1. The second-order valence-corrected chi connectivity index (χ2v) is 23.1. The van der Waals surface area contributed by atoms with Crippen molar-refractivity contribution in [2.75, 3.05) is 13.3 Å². The summed E-state index contributed by atoms with van der Waals surface area (Å²) in [4.78, 5) is 12.4. The molecule has 2 unspecified atom stereocenters. The van der Waals surface area contributed by atoms with Gasteiger partial charge in [0.15, 0.2) is 0 Å². The second kappa shape index (κ2) is 16.3. The fraction of sp³-hybridized carbons (Fsp3) is 0.979. The summed E-state index contributed by atoms with van der Waals surface area (Å²) in [5.74, 6) is 11.2. The molecule has 306 valence electrons. The first-order chi connectivity index (χ1) is 24.9. The van der Waals surface area contributed by atoms with Crippen molar-refractivity contribution in [2.45, 2.75) is 188 Å². The molecule has 0 radical (unpaired) electrons. The van der Waals surface area contributed by atoms with Crippen molar-refractivity contribution >= 4 is 14.4 Å². The molecular formula is C48H85O4P. The summed E-state index contributed by atoms with van der Waals surface area (Å²) in [5.41, 5.74) is -0.201. The predicted molar refractivity (Wildman–Crippen MR) is 223 cm³/mol. The number of hydrogen-bond acceptors (Lipinski definition) is 4. The molecule has 0 spiro atoms. The fourth-order valence-corrected chi connectivity index (χ4v) is 17.0. The molecule has 8 aliphatic rings. The van der Waals surface area contributed by atoms with Crippen LogP contribution in [-0.2, 0) is 4.79 Å². The highest BCUT2D eigenvalue weighted by Crippen LogP contribution is 2.68. The van der Waals surface area contributed by atoms with Crippen molar-refractivity contribution in [1.29, 1.82) is 0 Å². The molecule has 0 aromatic carbocycles. The Hall–Kier alpha value is -0.0200. The van der Waals surface area contributed by atoms with Gasteiger partial charge in [0.1, 0.15) is 5.78 Å². The summed E-state index contributed by atoms with van der Waals surface area (Å²) in [6, 6.07) is 0. The quantitative estimate of drug-likeness (QED) is 0.250. The molecule has 0 bridgehead atoms. The molecule has 5 heteroatoms. The summed E-state index contributed by atoms with van der Waals surface area (Å²) >= 11 is 0. The zero-order valence-electron chi connectivity index (χ0n) is 36.1. The summed E-state index contributed by atoms with van der Waals surface area (Å²) in [5, 5.41) is 31.6. The molecule has 0 heterocycles. The standard InChI is InChI=1S/C23H40O2.C23H38O2.C2H7P/c2*1-5-15-12-20(14(2)24)23(4)11-9-18-17-8-10-22(3,25)13-16(17)6-7-19(18)21(15)23;1-3-2/h14-21,24-25H,5-13H2,1-4H3;15-21,25H,5-13H2,1-4H3;3H,1-2H3/t14?,15-,16-,17+,18-,19-,20?,21+,22-,23-;15-,16-,17+,18-,19-,20-,21+,22-,23-;/m11./s1. The molecule has 3 N–H and O–H groups in total. The number of ketones is 1. The Bertz CT molecular complexity index is 1250. The van der Waals surface area contributed by atoms with Gasteiger partial charge < -0.3 is 15.3 Å². The molecular weight excluding hydrogens is 671 g/mol. The topological polar surface area (TPSA) is 77.8 Å². The smallest absolute Gasteiger partial charge is 0.133 e. The first-order valence-electron chi connectivity index (χ1n) is 23.2. The lowest BCUT2D eigenvalue weighted by Crippen LogP contribution is -2.52. The number of Topliss-reactive ketones (excluding diaryl/α,β-unsaturated/α-hetero) is 1. The molecule has 4 nitrogen and oxygen atoms in total. The summed E-state index contributed by atoms with van der Waals surface area (Å²) in [6.45, 7) is 22.0. The molecule has 8 saturated carbocycles. The number of rotatable bonds is 4. The lowest BCUT2D eigenvalue weighted by molar-refractivity contribution is -0.131. The Balaban J connectivity index is 0.000000169. The van der Waals surface area contributed by atoms with Gasteiger partial charge in [-0.1, -0.05) is 40.5 Å².